The largest absolute Gasteiger partial charge is 0.147 e. The van der Waals surface area contributed by atoms with Crippen molar-refractivity contribution >= 4 is 37.0 Å². The maximum Gasteiger partial charge on any atom is -0.147 e. The first-order valence-corrected chi connectivity index (χ1v) is 26.1. The quantitative estimate of drug-likeness (QED) is 0.140. The molecule has 0 spiro atoms. The number of allylic oxidation sites excluding steroid dienone is 2. The summed E-state index contributed by atoms with van der Waals surface area (Å²) in [6, 6.07) is 33.0. The molecule has 234 valence electrons. The van der Waals surface area contributed by atoms with Gasteiger partial charge in [0.05, 0.1) is 0 Å². The minimum Gasteiger partial charge on any atom is -0.147 e. The normalized spacial score (nSPS) is 18.7. The number of hydrogen-bond acceptors (Lipinski definition) is 0. The SMILES string of the molecule is CCCCC1=Cc2c(-c3ccc(C)cc3)cccc2[CH]1[Hf]1([CH]2C(CCCC)=Cc3c(-c4ccc(C)cc4)cccc32)[CH2][CH2]1.Cl.Cl. The van der Waals surface area contributed by atoms with E-state index in [4.69, 9.17) is 0 Å². The predicted molar refractivity (Wildman–Crippen MR) is 198 cm³/mol. The third-order valence-corrected chi connectivity index (χ3v) is 29.7. The van der Waals surface area contributed by atoms with Gasteiger partial charge in [-0.3, -0.25) is 0 Å². The van der Waals surface area contributed by atoms with E-state index < -0.39 is 20.0 Å². The van der Waals surface area contributed by atoms with Crippen molar-refractivity contribution in [3.05, 3.63) is 129 Å². The molecule has 0 aromatic heterocycles. The van der Waals surface area contributed by atoms with Crippen molar-refractivity contribution in [1.82, 2.24) is 0 Å². The van der Waals surface area contributed by atoms with Crippen LogP contribution in [0, 0.1) is 13.8 Å². The van der Waals surface area contributed by atoms with Gasteiger partial charge in [0.2, 0.25) is 0 Å². The molecule has 0 radical (unpaired) electrons. The Bertz CT molecular complexity index is 1580. The molecule has 1 heterocycles. The fraction of sp³-hybridized carbons (Fsp3) is 0.333. The Kier molecular flexibility index (Phi) is 10.8. The van der Waals surface area contributed by atoms with Gasteiger partial charge in [-0.05, 0) is 0 Å². The molecule has 0 nitrogen and oxygen atoms in total. The number of rotatable bonds is 10. The Hall–Kier alpha value is -2.19. The molecular weight excluding hydrogens is 754 g/mol. The van der Waals surface area contributed by atoms with Gasteiger partial charge in [0.25, 0.3) is 0 Å². The molecule has 2 aliphatic carbocycles. The second-order valence-corrected chi connectivity index (χ2v) is 30.2. The van der Waals surface area contributed by atoms with Crippen LogP contribution in [-0.2, 0) is 20.0 Å². The smallest absolute Gasteiger partial charge is 0.147 e. The molecule has 45 heavy (non-hydrogen) atoms. The molecular formula is C42H48Cl2Hf. The van der Waals surface area contributed by atoms with Crippen molar-refractivity contribution in [3.63, 3.8) is 0 Å². The zero-order chi connectivity index (χ0) is 29.6. The van der Waals surface area contributed by atoms with E-state index in [1.807, 2.05) is 0 Å². The molecule has 0 bridgehead atoms. The van der Waals surface area contributed by atoms with Crippen molar-refractivity contribution in [1.29, 1.82) is 0 Å². The monoisotopic (exact) mass is 802 g/mol. The van der Waals surface area contributed by atoms with E-state index in [-0.39, 0.29) is 24.8 Å². The zero-order valence-electron chi connectivity index (χ0n) is 27.4. The molecule has 0 N–H and O–H groups in total. The van der Waals surface area contributed by atoms with E-state index in [1.165, 1.54) is 80.3 Å². The van der Waals surface area contributed by atoms with E-state index in [1.54, 1.807) is 33.4 Å². The van der Waals surface area contributed by atoms with Crippen LogP contribution in [0.3, 0.4) is 0 Å². The van der Waals surface area contributed by atoms with Gasteiger partial charge < -0.3 is 0 Å². The van der Waals surface area contributed by atoms with Crippen molar-refractivity contribution in [2.45, 2.75) is 81.9 Å². The minimum absolute atomic E-state index is 0. The van der Waals surface area contributed by atoms with Gasteiger partial charge in [-0.2, -0.15) is 0 Å². The predicted octanol–water partition coefficient (Wildman–Crippen LogP) is 13.4. The minimum atomic E-state index is -2.91. The number of unbranched alkanes of at least 4 members (excludes halogenated alkanes) is 2. The van der Waals surface area contributed by atoms with Crippen molar-refractivity contribution < 1.29 is 20.0 Å². The standard InChI is InChI=1S/2C20H21.C2H4.2ClH.Hf/c2*1-3-4-6-16-13-18-7-5-8-19(20(18)14-16)17-11-9-15(2)10-12-17;1-2;;;/h2*5,7-14H,3-4,6H2,1-2H3;1-2H2;2*1H;. The van der Waals surface area contributed by atoms with Crippen LogP contribution in [0.25, 0.3) is 34.4 Å². The Morgan fingerprint density at radius 2 is 0.956 bits per heavy atom. The summed E-state index contributed by atoms with van der Waals surface area (Å²) in [7, 11) is 0. The number of aryl methyl sites for hydroxylation is 2. The summed E-state index contributed by atoms with van der Waals surface area (Å²) in [4.78, 5) is 0. The van der Waals surface area contributed by atoms with Gasteiger partial charge in [-0.25, -0.2) is 0 Å². The summed E-state index contributed by atoms with van der Waals surface area (Å²) in [6.45, 7) is 9.10. The Morgan fingerprint density at radius 1 is 0.556 bits per heavy atom. The van der Waals surface area contributed by atoms with Gasteiger partial charge in [-0.15, -0.1) is 24.8 Å². The molecule has 0 saturated carbocycles. The van der Waals surface area contributed by atoms with Crippen molar-refractivity contribution in [2.24, 2.45) is 0 Å². The molecule has 2 unspecified atom stereocenters. The third-order valence-electron chi connectivity index (χ3n) is 10.6. The van der Waals surface area contributed by atoms with Crippen LogP contribution in [0.4, 0.5) is 0 Å². The number of fused-ring (bicyclic) bond motifs is 2. The van der Waals surface area contributed by atoms with Crippen LogP contribution in [0.5, 0.6) is 0 Å². The van der Waals surface area contributed by atoms with Gasteiger partial charge in [0.15, 0.2) is 0 Å². The molecule has 3 heteroatoms. The van der Waals surface area contributed by atoms with E-state index in [0.717, 1.165) is 7.35 Å². The first kappa shape index (κ1) is 34.2. The summed E-state index contributed by atoms with van der Waals surface area (Å²) in [5, 5.41) is 0. The first-order valence-electron chi connectivity index (χ1n) is 16.8. The third kappa shape index (κ3) is 6.27. The summed E-state index contributed by atoms with van der Waals surface area (Å²) in [5.74, 6) is 0. The van der Waals surface area contributed by atoms with Crippen molar-refractivity contribution in [3.8, 4) is 22.3 Å². The summed E-state index contributed by atoms with van der Waals surface area (Å²) in [6.07, 6.45) is 13.0. The number of hydrogen-bond donors (Lipinski definition) is 0. The second kappa shape index (κ2) is 14.3. The van der Waals surface area contributed by atoms with E-state index in [9.17, 15) is 0 Å². The fourth-order valence-corrected chi connectivity index (χ4v) is 36.4. The average Bonchev–Trinajstić information content (AvgIpc) is 3.57. The average molecular weight is 802 g/mol. The van der Waals surface area contributed by atoms with E-state index >= 15 is 0 Å². The van der Waals surface area contributed by atoms with E-state index in [2.05, 4.69) is 125 Å². The maximum atomic E-state index is 2.68. The Morgan fingerprint density at radius 3 is 1.31 bits per heavy atom. The topological polar surface area (TPSA) is 0 Å². The molecule has 1 saturated heterocycles. The second-order valence-electron chi connectivity index (χ2n) is 13.6. The molecule has 7 rings (SSSR count). The van der Waals surface area contributed by atoms with Crippen LogP contribution in [0.1, 0.15) is 93.1 Å². The summed E-state index contributed by atoms with van der Waals surface area (Å²) >= 11 is -2.91. The van der Waals surface area contributed by atoms with Crippen LogP contribution in [0.15, 0.2) is 96.1 Å². The molecule has 2 atom stereocenters. The Balaban J connectivity index is 0.00000200. The summed E-state index contributed by atoms with van der Waals surface area (Å²) in [5.41, 5.74) is 18.3. The summed E-state index contributed by atoms with van der Waals surface area (Å²) < 4.78 is 4.53. The number of halogens is 2. The van der Waals surface area contributed by atoms with Crippen molar-refractivity contribution in [2.75, 3.05) is 0 Å². The maximum absolute atomic E-state index is 2.91. The van der Waals surface area contributed by atoms with Gasteiger partial charge in [0.1, 0.15) is 0 Å². The molecule has 1 fully saturated rings. The van der Waals surface area contributed by atoms with Crippen LogP contribution < -0.4 is 0 Å². The molecule has 4 aromatic rings. The van der Waals surface area contributed by atoms with Gasteiger partial charge >= 0.3 is 266 Å². The van der Waals surface area contributed by atoms with Crippen LogP contribution >= 0.6 is 24.8 Å². The van der Waals surface area contributed by atoms with Gasteiger partial charge in [-0.1, -0.05) is 0 Å². The zero-order valence-corrected chi connectivity index (χ0v) is 32.6. The van der Waals surface area contributed by atoms with Crippen LogP contribution in [0.2, 0.25) is 8.35 Å². The first-order chi connectivity index (χ1) is 21.0. The molecule has 0 amide bonds. The molecule has 4 aromatic carbocycles. The Labute approximate surface area is 288 Å². The fourth-order valence-electron chi connectivity index (χ4n) is 8.34. The molecule has 1 aliphatic heterocycles. The van der Waals surface area contributed by atoms with E-state index in [0.29, 0.717) is 0 Å². The number of benzene rings is 4. The van der Waals surface area contributed by atoms with Gasteiger partial charge in [0, 0.05) is 0 Å². The molecule has 3 aliphatic rings. The van der Waals surface area contributed by atoms with Crippen LogP contribution in [-0.4, -0.2) is 0 Å².